The number of ether oxygens (including phenoxy) is 2. The zero-order chi connectivity index (χ0) is 13.0. The summed E-state index contributed by atoms with van der Waals surface area (Å²) in [6, 6.07) is 4.34. The summed E-state index contributed by atoms with van der Waals surface area (Å²) in [5, 5.41) is 9.16. The number of rotatable bonds is 4. The fourth-order valence-corrected chi connectivity index (χ4v) is 1.24. The monoisotopic (exact) mass is 239 g/mol. The van der Waals surface area contributed by atoms with Crippen LogP contribution in [-0.4, -0.2) is 23.3 Å². The van der Waals surface area contributed by atoms with Gasteiger partial charge in [0.05, 0.1) is 5.56 Å². The smallest absolute Gasteiger partial charge is 0.308 e. The van der Waals surface area contributed by atoms with Crippen LogP contribution in [0.15, 0.2) is 18.2 Å². The van der Waals surface area contributed by atoms with Crippen LogP contribution in [0.2, 0.25) is 0 Å². The number of nitrogens with two attached hydrogens (primary N) is 1. The highest BCUT2D eigenvalue weighted by Gasteiger charge is 2.17. The Labute approximate surface area is 97.9 Å². The van der Waals surface area contributed by atoms with E-state index in [-0.39, 0.29) is 17.1 Å². The van der Waals surface area contributed by atoms with E-state index >= 15 is 0 Å². The maximum Gasteiger partial charge on any atom is 0.308 e. The molecule has 0 saturated heterocycles. The number of aliphatic hydroxyl groups excluding tert-OH is 1. The second-order valence-electron chi connectivity index (χ2n) is 3.31. The molecule has 1 atom stereocenters. The van der Waals surface area contributed by atoms with Gasteiger partial charge in [0.2, 0.25) is 0 Å². The molecule has 0 fully saturated rings. The largest absolute Gasteiger partial charge is 0.461 e. The number of amides is 1. The summed E-state index contributed by atoms with van der Waals surface area (Å²) in [5.74, 6) is -1.32. The quantitative estimate of drug-likeness (QED) is 0.451. The molecule has 0 aliphatic carbocycles. The first-order chi connectivity index (χ1) is 7.91. The van der Waals surface area contributed by atoms with Crippen LogP contribution in [0.1, 0.15) is 24.2 Å². The van der Waals surface area contributed by atoms with Crippen molar-refractivity contribution in [3.63, 3.8) is 0 Å². The minimum Gasteiger partial charge on any atom is -0.461 e. The molecule has 6 nitrogen and oxygen atoms in total. The molecule has 1 rings (SSSR count). The van der Waals surface area contributed by atoms with Crippen molar-refractivity contribution in [2.75, 3.05) is 0 Å². The van der Waals surface area contributed by atoms with Crippen LogP contribution in [0.3, 0.4) is 0 Å². The normalized spacial score (nSPS) is 11.7. The second-order valence-corrected chi connectivity index (χ2v) is 3.31. The molecule has 0 radical (unpaired) electrons. The molecule has 1 aromatic rings. The Morgan fingerprint density at radius 3 is 2.53 bits per heavy atom. The van der Waals surface area contributed by atoms with Crippen molar-refractivity contribution < 1.29 is 24.2 Å². The lowest BCUT2D eigenvalue weighted by Crippen LogP contribution is -2.18. The van der Waals surface area contributed by atoms with Gasteiger partial charge >= 0.3 is 5.97 Å². The first-order valence-electron chi connectivity index (χ1n) is 4.87. The molecule has 92 valence electrons. The topological polar surface area (TPSA) is 98.9 Å². The molecular weight excluding hydrogens is 226 g/mol. The van der Waals surface area contributed by atoms with Crippen molar-refractivity contribution in [3.05, 3.63) is 23.8 Å². The number of aliphatic hydroxyl groups is 1. The molecule has 0 bridgehead atoms. The third kappa shape index (κ3) is 3.46. The van der Waals surface area contributed by atoms with Gasteiger partial charge in [-0.25, -0.2) is 0 Å². The van der Waals surface area contributed by atoms with Crippen LogP contribution in [0.4, 0.5) is 0 Å². The summed E-state index contributed by atoms with van der Waals surface area (Å²) in [6.45, 7) is 2.57. The molecular formula is C11H13NO5. The van der Waals surface area contributed by atoms with Gasteiger partial charge in [-0.05, 0) is 19.1 Å². The van der Waals surface area contributed by atoms with E-state index in [1.807, 2.05) is 0 Å². The third-order valence-corrected chi connectivity index (χ3v) is 1.79. The van der Waals surface area contributed by atoms with Crippen molar-refractivity contribution in [2.45, 2.75) is 20.1 Å². The SMILES string of the molecule is CC(=O)Oc1cccc(C(N)=O)c1OC(C)O. The van der Waals surface area contributed by atoms with Crippen molar-refractivity contribution in [3.8, 4) is 11.5 Å². The number of benzene rings is 1. The maximum atomic E-state index is 11.2. The van der Waals surface area contributed by atoms with Crippen LogP contribution >= 0.6 is 0 Å². The van der Waals surface area contributed by atoms with Gasteiger partial charge in [-0.1, -0.05) is 6.07 Å². The Balaban J connectivity index is 3.23. The van der Waals surface area contributed by atoms with Gasteiger partial charge in [0.1, 0.15) is 0 Å². The highest BCUT2D eigenvalue weighted by molar-refractivity contribution is 5.96. The number of carbonyl (C=O) groups excluding carboxylic acids is 2. The number of hydrogen-bond donors (Lipinski definition) is 2. The average molecular weight is 239 g/mol. The predicted molar refractivity (Wildman–Crippen MR) is 58.6 cm³/mol. The Hall–Kier alpha value is -2.08. The first kappa shape index (κ1) is 13.0. The summed E-state index contributed by atoms with van der Waals surface area (Å²) in [4.78, 5) is 22.0. The molecule has 1 aromatic carbocycles. The van der Waals surface area contributed by atoms with E-state index in [0.29, 0.717) is 0 Å². The molecule has 0 aliphatic rings. The maximum absolute atomic E-state index is 11.2. The standard InChI is InChI=1S/C11H13NO5/c1-6(13)16-9-5-3-4-8(11(12)15)10(9)17-7(2)14/h3-5,7,14H,1-2H3,(H2,12,15). The van der Waals surface area contributed by atoms with E-state index in [0.717, 1.165) is 0 Å². The summed E-state index contributed by atoms with van der Waals surface area (Å²) < 4.78 is 9.87. The van der Waals surface area contributed by atoms with Gasteiger partial charge in [0, 0.05) is 6.92 Å². The lowest BCUT2D eigenvalue weighted by Gasteiger charge is -2.15. The van der Waals surface area contributed by atoms with Gasteiger partial charge in [-0.3, -0.25) is 9.59 Å². The molecule has 1 unspecified atom stereocenters. The van der Waals surface area contributed by atoms with Crippen LogP contribution in [0.25, 0.3) is 0 Å². The summed E-state index contributed by atoms with van der Waals surface area (Å²) >= 11 is 0. The Kier molecular flexibility index (Phi) is 4.06. The number of hydrogen-bond acceptors (Lipinski definition) is 5. The minimum atomic E-state index is -1.16. The first-order valence-corrected chi connectivity index (χ1v) is 4.87. The molecule has 6 heteroatoms. The summed E-state index contributed by atoms with van der Waals surface area (Å²) in [7, 11) is 0. The van der Waals surface area contributed by atoms with E-state index in [4.69, 9.17) is 20.3 Å². The molecule has 1 amide bonds. The zero-order valence-electron chi connectivity index (χ0n) is 9.47. The van der Waals surface area contributed by atoms with E-state index in [2.05, 4.69) is 0 Å². The van der Waals surface area contributed by atoms with Crippen LogP contribution in [-0.2, 0) is 4.79 Å². The summed E-state index contributed by atoms with van der Waals surface area (Å²) in [5.41, 5.74) is 5.18. The molecule has 0 heterocycles. The Morgan fingerprint density at radius 1 is 1.41 bits per heavy atom. The lowest BCUT2D eigenvalue weighted by atomic mass is 10.2. The number of para-hydroxylation sites is 1. The number of primary amides is 1. The number of esters is 1. The molecule has 0 spiro atoms. The van der Waals surface area contributed by atoms with Gasteiger partial charge in [-0.15, -0.1) is 0 Å². The molecule has 0 aliphatic heterocycles. The Bertz CT molecular complexity index is 441. The van der Waals surface area contributed by atoms with Crippen LogP contribution in [0, 0.1) is 0 Å². The lowest BCUT2D eigenvalue weighted by molar-refractivity contribution is -0.132. The van der Waals surface area contributed by atoms with E-state index in [1.165, 1.54) is 32.0 Å². The van der Waals surface area contributed by atoms with Crippen molar-refractivity contribution in [1.82, 2.24) is 0 Å². The summed E-state index contributed by atoms with van der Waals surface area (Å²) in [6.07, 6.45) is -1.16. The van der Waals surface area contributed by atoms with Crippen molar-refractivity contribution in [1.29, 1.82) is 0 Å². The molecule has 3 N–H and O–H groups in total. The zero-order valence-corrected chi connectivity index (χ0v) is 9.47. The highest BCUT2D eigenvalue weighted by Crippen LogP contribution is 2.31. The number of carbonyl (C=O) groups is 2. The van der Waals surface area contributed by atoms with E-state index < -0.39 is 18.2 Å². The molecule has 0 saturated carbocycles. The molecule has 0 aromatic heterocycles. The minimum absolute atomic E-state index is 0.0321. The average Bonchev–Trinajstić information content (AvgIpc) is 2.18. The highest BCUT2D eigenvalue weighted by atomic mass is 16.6. The molecule has 17 heavy (non-hydrogen) atoms. The fourth-order valence-electron chi connectivity index (χ4n) is 1.24. The van der Waals surface area contributed by atoms with Crippen molar-refractivity contribution in [2.24, 2.45) is 5.73 Å². The predicted octanol–water partition coefficient (Wildman–Crippen LogP) is 0.428. The third-order valence-electron chi connectivity index (χ3n) is 1.79. The van der Waals surface area contributed by atoms with Gasteiger partial charge in [0.25, 0.3) is 5.91 Å². The van der Waals surface area contributed by atoms with Crippen LogP contribution in [0.5, 0.6) is 11.5 Å². The van der Waals surface area contributed by atoms with Gasteiger partial charge in [0.15, 0.2) is 17.8 Å². The van der Waals surface area contributed by atoms with Crippen molar-refractivity contribution >= 4 is 11.9 Å². The van der Waals surface area contributed by atoms with E-state index in [9.17, 15) is 9.59 Å². The van der Waals surface area contributed by atoms with Crippen LogP contribution < -0.4 is 15.2 Å². The van der Waals surface area contributed by atoms with E-state index in [1.54, 1.807) is 0 Å². The Morgan fingerprint density at radius 2 is 2.06 bits per heavy atom. The second kappa shape index (κ2) is 5.31. The fraction of sp³-hybridized carbons (Fsp3) is 0.273. The van der Waals surface area contributed by atoms with Gasteiger partial charge < -0.3 is 20.3 Å². The van der Waals surface area contributed by atoms with Gasteiger partial charge in [-0.2, -0.15) is 0 Å².